The summed E-state index contributed by atoms with van der Waals surface area (Å²) in [6.07, 6.45) is 5.64. The molecule has 0 aromatic rings. The van der Waals surface area contributed by atoms with Crippen molar-refractivity contribution in [1.29, 1.82) is 0 Å². The second kappa shape index (κ2) is 4.55. The molecular weight excluding hydrogens is 164 g/mol. The van der Waals surface area contributed by atoms with E-state index in [1.54, 1.807) is 0 Å². The Hall–Kier alpha value is 0.350. The van der Waals surface area contributed by atoms with Crippen molar-refractivity contribution in [2.24, 2.45) is 11.3 Å². The first-order chi connectivity index (χ1) is 5.73. The molecule has 1 fully saturated rings. The summed E-state index contributed by atoms with van der Waals surface area (Å²) in [6.45, 7) is 7.18. The van der Waals surface area contributed by atoms with E-state index in [1.807, 2.05) is 0 Å². The Morgan fingerprint density at radius 3 is 2.08 bits per heavy atom. The van der Waals surface area contributed by atoms with Crippen LogP contribution in [0.1, 0.15) is 46.5 Å². The molecule has 0 unspecified atom stereocenters. The Balaban J connectivity index is 2.51. The van der Waals surface area contributed by atoms with Gasteiger partial charge in [-0.25, -0.2) is 0 Å². The molecule has 0 aliphatic carbocycles. The van der Waals surface area contributed by atoms with Gasteiger partial charge in [0.25, 0.3) is 0 Å². The minimum absolute atomic E-state index is 0.640. The van der Waals surface area contributed by atoms with Crippen molar-refractivity contribution in [3.8, 4) is 0 Å². The van der Waals surface area contributed by atoms with Crippen molar-refractivity contribution in [1.82, 2.24) is 0 Å². The van der Waals surface area contributed by atoms with E-state index in [0.29, 0.717) is 5.41 Å². The molecule has 0 bridgehead atoms. The Kier molecular flexibility index (Phi) is 3.95. The van der Waals surface area contributed by atoms with Crippen LogP contribution < -0.4 is 0 Å². The summed E-state index contributed by atoms with van der Waals surface area (Å²) in [4.78, 5) is 0. The van der Waals surface area contributed by atoms with Crippen molar-refractivity contribution in [2.75, 3.05) is 11.5 Å². The molecule has 0 radical (unpaired) electrons. The highest BCUT2D eigenvalue weighted by Crippen LogP contribution is 2.42. The van der Waals surface area contributed by atoms with Gasteiger partial charge in [-0.15, -0.1) is 0 Å². The van der Waals surface area contributed by atoms with Crippen LogP contribution in [0.25, 0.3) is 0 Å². The van der Waals surface area contributed by atoms with Gasteiger partial charge in [-0.05, 0) is 35.7 Å². The summed E-state index contributed by atoms with van der Waals surface area (Å²) in [7, 11) is 0. The Labute approximate surface area is 81.5 Å². The van der Waals surface area contributed by atoms with Crippen molar-refractivity contribution < 1.29 is 0 Å². The van der Waals surface area contributed by atoms with Gasteiger partial charge < -0.3 is 0 Å². The van der Waals surface area contributed by atoms with Gasteiger partial charge in [0.2, 0.25) is 0 Å². The maximum Gasteiger partial charge on any atom is -0.00647 e. The lowest BCUT2D eigenvalue weighted by Crippen LogP contribution is -2.29. The molecule has 0 N–H and O–H groups in total. The van der Waals surface area contributed by atoms with Crippen molar-refractivity contribution in [3.63, 3.8) is 0 Å². The third-order valence-electron chi connectivity index (χ3n) is 3.82. The van der Waals surface area contributed by atoms with Crippen LogP contribution in [0.15, 0.2) is 0 Å². The van der Waals surface area contributed by atoms with E-state index >= 15 is 0 Å². The molecule has 72 valence electrons. The van der Waals surface area contributed by atoms with Crippen LogP contribution in [0.3, 0.4) is 0 Å². The van der Waals surface area contributed by atoms with E-state index in [-0.39, 0.29) is 0 Å². The lowest BCUT2D eigenvalue weighted by Gasteiger charge is -2.38. The third-order valence-corrected chi connectivity index (χ3v) is 4.87. The van der Waals surface area contributed by atoms with E-state index in [1.165, 1.54) is 37.2 Å². The SMILES string of the molecule is CCC(C)(CC)C1CCSCC1. The molecular formula is C11H22S. The molecule has 12 heavy (non-hydrogen) atoms. The molecule has 0 spiro atoms. The normalized spacial score (nSPS) is 21.2. The van der Waals surface area contributed by atoms with E-state index < -0.39 is 0 Å². The third kappa shape index (κ3) is 2.18. The van der Waals surface area contributed by atoms with Crippen molar-refractivity contribution >= 4 is 11.8 Å². The predicted octanol–water partition coefficient (Wildman–Crippen LogP) is 3.96. The Morgan fingerprint density at radius 1 is 1.17 bits per heavy atom. The van der Waals surface area contributed by atoms with Gasteiger partial charge in [0.05, 0.1) is 0 Å². The van der Waals surface area contributed by atoms with Crippen LogP contribution in [0.5, 0.6) is 0 Å². The van der Waals surface area contributed by atoms with Crippen LogP contribution in [0, 0.1) is 11.3 Å². The van der Waals surface area contributed by atoms with Gasteiger partial charge in [0.1, 0.15) is 0 Å². The number of thioether (sulfide) groups is 1. The molecule has 1 aliphatic rings. The van der Waals surface area contributed by atoms with Crippen LogP contribution >= 0.6 is 11.8 Å². The zero-order valence-corrected chi connectivity index (χ0v) is 9.54. The Bertz CT molecular complexity index is 121. The number of hydrogen-bond acceptors (Lipinski definition) is 1. The van der Waals surface area contributed by atoms with Gasteiger partial charge in [0, 0.05) is 0 Å². The minimum atomic E-state index is 0.640. The van der Waals surface area contributed by atoms with Crippen LogP contribution in [0.4, 0.5) is 0 Å². The fraction of sp³-hybridized carbons (Fsp3) is 1.00. The maximum atomic E-state index is 2.48. The summed E-state index contributed by atoms with van der Waals surface area (Å²) >= 11 is 2.14. The predicted molar refractivity (Wildman–Crippen MR) is 58.7 cm³/mol. The summed E-state index contributed by atoms with van der Waals surface area (Å²) in [5, 5.41) is 0. The first kappa shape index (κ1) is 10.4. The number of rotatable bonds is 3. The fourth-order valence-electron chi connectivity index (χ4n) is 2.22. The highest BCUT2D eigenvalue weighted by molar-refractivity contribution is 7.99. The van der Waals surface area contributed by atoms with E-state index in [9.17, 15) is 0 Å². The Morgan fingerprint density at radius 2 is 1.67 bits per heavy atom. The maximum absolute atomic E-state index is 2.48. The van der Waals surface area contributed by atoms with Crippen LogP contribution in [-0.2, 0) is 0 Å². The molecule has 0 aromatic carbocycles. The molecule has 1 rings (SSSR count). The summed E-state index contributed by atoms with van der Waals surface area (Å²) < 4.78 is 0. The smallest absolute Gasteiger partial charge is 0.00647 e. The zero-order valence-electron chi connectivity index (χ0n) is 8.73. The topological polar surface area (TPSA) is 0 Å². The lowest BCUT2D eigenvalue weighted by atomic mass is 9.70. The minimum Gasteiger partial charge on any atom is -0.162 e. The lowest BCUT2D eigenvalue weighted by molar-refractivity contribution is 0.157. The standard InChI is InChI=1S/C11H22S/c1-4-11(3,5-2)10-6-8-12-9-7-10/h10H,4-9H2,1-3H3. The molecule has 1 aliphatic heterocycles. The average molecular weight is 186 g/mol. The largest absolute Gasteiger partial charge is 0.162 e. The highest BCUT2D eigenvalue weighted by atomic mass is 32.2. The molecule has 1 heterocycles. The van der Waals surface area contributed by atoms with Gasteiger partial charge >= 0.3 is 0 Å². The van der Waals surface area contributed by atoms with Gasteiger partial charge in [-0.3, -0.25) is 0 Å². The van der Waals surface area contributed by atoms with Gasteiger partial charge in [-0.1, -0.05) is 33.6 Å². The average Bonchev–Trinajstić information content (AvgIpc) is 2.18. The first-order valence-electron chi connectivity index (χ1n) is 5.30. The monoisotopic (exact) mass is 186 g/mol. The summed E-state index contributed by atoms with van der Waals surface area (Å²) in [5.41, 5.74) is 0.640. The van der Waals surface area contributed by atoms with Crippen molar-refractivity contribution in [3.05, 3.63) is 0 Å². The molecule has 0 amide bonds. The van der Waals surface area contributed by atoms with E-state index in [2.05, 4.69) is 32.5 Å². The van der Waals surface area contributed by atoms with E-state index in [0.717, 1.165) is 5.92 Å². The zero-order chi connectivity index (χ0) is 9.03. The molecule has 0 aromatic heterocycles. The molecule has 0 nitrogen and oxygen atoms in total. The molecule has 0 atom stereocenters. The summed E-state index contributed by atoms with van der Waals surface area (Å²) in [6, 6.07) is 0. The quantitative estimate of drug-likeness (QED) is 0.643. The molecule has 0 saturated carbocycles. The van der Waals surface area contributed by atoms with Gasteiger partial charge in [0.15, 0.2) is 0 Å². The van der Waals surface area contributed by atoms with Crippen molar-refractivity contribution in [2.45, 2.75) is 46.5 Å². The molecule has 1 saturated heterocycles. The van der Waals surface area contributed by atoms with Crippen LogP contribution in [-0.4, -0.2) is 11.5 Å². The van der Waals surface area contributed by atoms with E-state index in [4.69, 9.17) is 0 Å². The molecule has 1 heteroatoms. The first-order valence-corrected chi connectivity index (χ1v) is 6.46. The highest BCUT2D eigenvalue weighted by Gasteiger charge is 2.31. The fourth-order valence-corrected chi connectivity index (χ4v) is 3.33. The van der Waals surface area contributed by atoms with Gasteiger partial charge in [-0.2, -0.15) is 11.8 Å². The second-order valence-electron chi connectivity index (χ2n) is 4.25. The summed E-state index contributed by atoms with van der Waals surface area (Å²) in [5.74, 6) is 3.81. The second-order valence-corrected chi connectivity index (χ2v) is 5.47. The number of hydrogen-bond donors (Lipinski definition) is 0. The van der Waals surface area contributed by atoms with Crippen LogP contribution in [0.2, 0.25) is 0 Å².